The molecule has 0 atom stereocenters. The minimum Gasteiger partial charge on any atom is -0.367 e. The van der Waals surface area contributed by atoms with Crippen molar-refractivity contribution in [2.24, 2.45) is 4.99 Å². The third kappa shape index (κ3) is 6.14. The van der Waals surface area contributed by atoms with E-state index in [4.69, 9.17) is 16.6 Å². The Morgan fingerprint density at radius 1 is 1.07 bits per heavy atom. The molecule has 8 heteroatoms. The van der Waals surface area contributed by atoms with Gasteiger partial charge in [0.25, 0.3) is 0 Å². The van der Waals surface area contributed by atoms with Crippen LogP contribution in [0.5, 0.6) is 0 Å². The van der Waals surface area contributed by atoms with Crippen molar-refractivity contribution in [3.05, 3.63) is 29.3 Å². The number of hydrogen-bond donors (Lipinski definition) is 1. The second-order valence-electron chi connectivity index (χ2n) is 7.00. The Balaban J connectivity index is 0.00000280. The number of aliphatic imine (C=N–C) groups is 1. The molecule has 2 saturated heterocycles. The van der Waals surface area contributed by atoms with Crippen LogP contribution in [0.4, 0.5) is 5.69 Å². The summed E-state index contributed by atoms with van der Waals surface area (Å²) in [4.78, 5) is 23.5. The predicted octanol–water partition coefficient (Wildman–Crippen LogP) is 3.06. The fourth-order valence-corrected chi connectivity index (χ4v) is 3.93. The van der Waals surface area contributed by atoms with Gasteiger partial charge in [0.2, 0.25) is 5.91 Å². The first-order valence-corrected chi connectivity index (χ1v) is 10.4. The van der Waals surface area contributed by atoms with Gasteiger partial charge in [-0.15, -0.1) is 24.0 Å². The van der Waals surface area contributed by atoms with Gasteiger partial charge in [-0.3, -0.25) is 9.79 Å². The molecule has 0 saturated carbocycles. The fraction of sp³-hybridized carbons (Fsp3) is 0.600. The molecule has 0 unspecified atom stereocenters. The monoisotopic (exact) mass is 519 g/mol. The molecular formula is C20H31ClIN5O. The zero-order valence-electron chi connectivity index (χ0n) is 16.6. The van der Waals surface area contributed by atoms with Gasteiger partial charge in [0.1, 0.15) is 0 Å². The average molecular weight is 520 g/mol. The van der Waals surface area contributed by atoms with Crippen molar-refractivity contribution >= 4 is 53.1 Å². The van der Waals surface area contributed by atoms with E-state index in [0.29, 0.717) is 13.0 Å². The number of carbonyl (C=O) groups excluding carboxylic acids is 1. The van der Waals surface area contributed by atoms with Crippen molar-refractivity contribution in [2.75, 3.05) is 57.3 Å². The van der Waals surface area contributed by atoms with Gasteiger partial charge < -0.3 is 20.0 Å². The number of amides is 1. The number of carbonyl (C=O) groups is 1. The lowest BCUT2D eigenvalue weighted by atomic mass is 10.2. The molecule has 0 aromatic heterocycles. The Morgan fingerprint density at radius 2 is 1.75 bits per heavy atom. The van der Waals surface area contributed by atoms with E-state index >= 15 is 0 Å². The van der Waals surface area contributed by atoms with E-state index in [2.05, 4.69) is 28.1 Å². The van der Waals surface area contributed by atoms with Gasteiger partial charge in [-0.05, 0) is 31.9 Å². The lowest BCUT2D eigenvalue weighted by Crippen LogP contribution is -2.52. The van der Waals surface area contributed by atoms with Crippen molar-refractivity contribution < 1.29 is 4.79 Å². The lowest BCUT2D eigenvalue weighted by Gasteiger charge is -2.38. The number of hydrogen-bond acceptors (Lipinski definition) is 3. The standard InChI is InChI=1S/C20H30ClN5O.HI/c1-2-22-20(23-10-9-19(27)25-11-5-6-12-25)26-15-13-24(14-16-26)18-8-4-3-7-17(18)21;/h3-4,7-8H,2,5-6,9-16H2,1H3,(H,22,23);1H. The zero-order valence-corrected chi connectivity index (χ0v) is 19.7. The molecule has 1 amide bonds. The van der Waals surface area contributed by atoms with Crippen molar-refractivity contribution in [1.29, 1.82) is 0 Å². The highest BCUT2D eigenvalue weighted by atomic mass is 127. The second-order valence-corrected chi connectivity index (χ2v) is 7.41. The summed E-state index contributed by atoms with van der Waals surface area (Å²) in [6.45, 7) is 8.84. The van der Waals surface area contributed by atoms with Gasteiger partial charge in [0, 0.05) is 52.2 Å². The maximum atomic E-state index is 12.2. The van der Waals surface area contributed by atoms with E-state index in [0.717, 1.165) is 75.3 Å². The second kappa shape index (κ2) is 11.7. The minimum atomic E-state index is 0. The van der Waals surface area contributed by atoms with Crippen LogP contribution in [0.2, 0.25) is 5.02 Å². The average Bonchev–Trinajstić information content (AvgIpc) is 3.23. The largest absolute Gasteiger partial charge is 0.367 e. The lowest BCUT2D eigenvalue weighted by molar-refractivity contribution is -0.129. The number of piperazine rings is 1. The smallest absolute Gasteiger partial charge is 0.224 e. The first-order chi connectivity index (χ1) is 13.2. The Hall–Kier alpha value is -1.22. The highest BCUT2D eigenvalue weighted by Gasteiger charge is 2.21. The zero-order chi connectivity index (χ0) is 19.1. The molecule has 28 heavy (non-hydrogen) atoms. The molecule has 6 nitrogen and oxygen atoms in total. The third-order valence-corrected chi connectivity index (χ3v) is 5.47. The first kappa shape index (κ1) is 23.1. The van der Waals surface area contributed by atoms with Crippen molar-refractivity contribution in [3.63, 3.8) is 0 Å². The summed E-state index contributed by atoms with van der Waals surface area (Å²) in [6, 6.07) is 7.99. The molecule has 0 radical (unpaired) electrons. The number of likely N-dealkylation sites (tertiary alicyclic amines) is 1. The van der Waals surface area contributed by atoms with Gasteiger partial charge >= 0.3 is 0 Å². The molecule has 0 bridgehead atoms. The molecular weight excluding hydrogens is 489 g/mol. The van der Waals surface area contributed by atoms with Crippen LogP contribution in [-0.2, 0) is 4.79 Å². The summed E-state index contributed by atoms with van der Waals surface area (Å²) in [7, 11) is 0. The van der Waals surface area contributed by atoms with Crippen LogP contribution < -0.4 is 10.2 Å². The summed E-state index contributed by atoms with van der Waals surface area (Å²) >= 11 is 6.33. The highest BCUT2D eigenvalue weighted by Crippen LogP contribution is 2.26. The van der Waals surface area contributed by atoms with Gasteiger partial charge in [-0.25, -0.2) is 0 Å². The Morgan fingerprint density at radius 3 is 2.39 bits per heavy atom. The number of rotatable bonds is 5. The number of nitrogens with zero attached hydrogens (tertiary/aromatic N) is 4. The quantitative estimate of drug-likeness (QED) is 0.369. The maximum absolute atomic E-state index is 12.2. The van der Waals surface area contributed by atoms with Gasteiger partial charge in [0.05, 0.1) is 17.3 Å². The number of guanidine groups is 1. The maximum Gasteiger partial charge on any atom is 0.224 e. The van der Waals surface area contributed by atoms with Crippen LogP contribution in [0.1, 0.15) is 26.2 Å². The third-order valence-electron chi connectivity index (χ3n) is 5.15. The molecule has 2 heterocycles. The fourth-order valence-electron chi connectivity index (χ4n) is 3.68. The topological polar surface area (TPSA) is 51.2 Å². The van der Waals surface area contributed by atoms with E-state index in [1.807, 2.05) is 23.1 Å². The Labute approximate surface area is 190 Å². The van der Waals surface area contributed by atoms with Crippen LogP contribution in [0.15, 0.2) is 29.3 Å². The highest BCUT2D eigenvalue weighted by molar-refractivity contribution is 14.0. The molecule has 156 valence electrons. The number of halogens is 2. The molecule has 0 spiro atoms. The van der Waals surface area contributed by atoms with Crippen molar-refractivity contribution in [3.8, 4) is 0 Å². The molecule has 2 aliphatic rings. The molecule has 2 aliphatic heterocycles. The Bertz CT molecular complexity index is 658. The summed E-state index contributed by atoms with van der Waals surface area (Å²) in [5, 5.41) is 4.17. The number of benzene rings is 1. The van der Waals surface area contributed by atoms with Crippen molar-refractivity contribution in [2.45, 2.75) is 26.2 Å². The van der Waals surface area contributed by atoms with Gasteiger partial charge in [0.15, 0.2) is 5.96 Å². The number of anilines is 1. The van der Waals surface area contributed by atoms with E-state index in [9.17, 15) is 4.79 Å². The summed E-state index contributed by atoms with van der Waals surface area (Å²) < 4.78 is 0. The van der Waals surface area contributed by atoms with E-state index in [1.54, 1.807) is 0 Å². The van der Waals surface area contributed by atoms with Crippen LogP contribution in [0.25, 0.3) is 0 Å². The summed E-state index contributed by atoms with van der Waals surface area (Å²) in [6.07, 6.45) is 2.76. The van der Waals surface area contributed by atoms with E-state index < -0.39 is 0 Å². The molecule has 1 aromatic carbocycles. The minimum absolute atomic E-state index is 0. The number of para-hydroxylation sites is 1. The summed E-state index contributed by atoms with van der Waals surface area (Å²) in [5.41, 5.74) is 1.09. The normalized spacial score (nSPS) is 17.5. The summed E-state index contributed by atoms with van der Waals surface area (Å²) in [5.74, 6) is 1.14. The van der Waals surface area contributed by atoms with E-state index in [1.165, 1.54) is 0 Å². The predicted molar refractivity (Wildman–Crippen MR) is 127 cm³/mol. The number of nitrogens with one attached hydrogen (secondary N) is 1. The molecule has 3 rings (SSSR count). The Kier molecular flexibility index (Phi) is 9.64. The first-order valence-electron chi connectivity index (χ1n) is 9.99. The van der Waals surface area contributed by atoms with Crippen LogP contribution in [0, 0.1) is 0 Å². The van der Waals surface area contributed by atoms with Gasteiger partial charge in [-0.1, -0.05) is 23.7 Å². The van der Waals surface area contributed by atoms with E-state index in [-0.39, 0.29) is 29.9 Å². The molecule has 1 aromatic rings. The van der Waals surface area contributed by atoms with Crippen LogP contribution >= 0.6 is 35.6 Å². The molecule has 1 N–H and O–H groups in total. The van der Waals surface area contributed by atoms with Gasteiger partial charge in [-0.2, -0.15) is 0 Å². The van der Waals surface area contributed by atoms with Crippen molar-refractivity contribution in [1.82, 2.24) is 15.1 Å². The van der Waals surface area contributed by atoms with Crippen LogP contribution in [0.3, 0.4) is 0 Å². The van der Waals surface area contributed by atoms with Crippen LogP contribution in [-0.4, -0.2) is 74.0 Å². The molecule has 0 aliphatic carbocycles. The molecule has 2 fully saturated rings. The SMILES string of the molecule is CCNC(=NCCC(=O)N1CCCC1)N1CCN(c2ccccc2Cl)CC1.I.